The zero-order valence-corrected chi connectivity index (χ0v) is 6.49. The highest BCUT2D eigenvalue weighted by Crippen LogP contribution is 2.27. The molecule has 0 atom stereocenters. The van der Waals surface area contributed by atoms with E-state index in [1.54, 1.807) is 0 Å². The molecule has 0 unspecified atom stereocenters. The summed E-state index contributed by atoms with van der Waals surface area (Å²) in [6.45, 7) is 0. The van der Waals surface area contributed by atoms with Gasteiger partial charge in [-0.25, -0.2) is 8.78 Å². The summed E-state index contributed by atoms with van der Waals surface area (Å²) in [5, 5.41) is 9.46. The van der Waals surface area contributed by atoms with E-state index < -0.39 is 29.4 Å². The smallest absolute Gasteiger partial charge is 0.482 e. The molecular weight excluding hydrogens is 209 g/mol. The van der Waals surface area contributed by atoms with Crippen LogP contribution in [0.25, 0.3) is 0 Å². The third-order valence-electron chi connectivity index (χ3n) is 1.29. The molecule has 0 fully saturated rings. The van der Waals surface area contributed by atoms with Gasteiger partial charge in [-0.05, 0) is 0 Å². The maximum Gasteiger partial charge on any atom is 0.482 e. The van der Waals surface area contributed by atoms with Crippen molar-refractivity contribution in [3.8, 4) is 5.75 Å². The van der Waals surface area contributed by atoms with E-state index in [0.717, 1.165) is 5.32 Å². The topological polar surface area (TPSA) is 32.3 Å². The number of hydrogen-bond acceptors (Lipinski definition) is 2. The molecule has 0 heterocycles. The molecule has 1 rings (SSSR count). The monoisotopic (exact) mass is 213 g/mol. The van der Waals surface area contributed by atoms with Crippen LogP contribution >= 0.6 is 0 Å². The van der Waals surface area contributed by atoms with Gasteiger partial charge < -0.3 is 5.11 Å². The van der Waals surface area contributed by atoms with Gasteiger partial charge in [0.1, 0.15) is 5.75 Å². The van der Waals surface area contributed by atoms with Crippen molar-refractivity contribution in [1.82, 2.24) is 0 Å². The largest absolute Gasteiger partial charge is 0.508 e. The Morgan fingerprint density at radius 1 is 1.14 bits per heavy atom. The van der Waals surface area contributed by atoms with Crippen molar-refractivity contribution >= 4 is 5.69 Å². The lowest BCUT2D eigenvalue weighted by Gasteiger charge is -2.11. The molecule has 78 valence electrons. The Morgan fingerprint density at radius 3 is 2.21 bits per heavy atom. The van der Waals surface area contributed by atoms with Crippen LogP contribution < -0.4 is 5.32 Å². The summed E-state index contributed by atoms with van der Waals surface area (Å²) >= 11 is 0. The molecular formula is C7H4F5NO. The zero-order valence-electron chi connectivity index (χ0n) is 6.49. The van der Waals surface area contributed by atoms with E-state index in [1.165, 1.54) is 0 Å². The van der Waals surface area contributed by atoms with Crippen molar-refractivity contribution in [2.45, 2.75) is 6.30 Å². The molecule has 2 nitrogen and oxygen atoms in total. The van der Waals surface area contributed by atoms with Crippen LogP contribution in [0.1, 0.15) is 0 Å². The Morgan fingerprint density at radius 2 is 1.71 bits per heavy atom. The van der Waals surface area contributed by atoms with Gasteiger partial charge >= 0.3 is 6.30 Å². The minimum absolute atomic E-state index is 0.372. The quantitative estimate of drug-likeness (QED) is 0.555. The van der Waals surface area contributed by atoms with Crippen LogP contribution in [0.15, 0.2) is 12.1 Å². The highest BCUT2D eigenvalue weighted by molar-refractivity contribution is 5.50. The average Bonchev–Trinajstić information content (AvgIpc) is 1.96. The molecule has 2 N–H and O–H groups in total. The van der Waals surface area contributed by atoms with E-state index >= 15 is 0 Å². The third kappa shape index (κ3) is 2.48. The highest BCUT2D eigenvalue weighted by Gasteiger charge is 2.29. The zero-order chi connectivity index (χ0) is 10.9. The third-order valence-corrected chi connectivity index (χ3v) is 1.29. The number of rotatable bonds is 1. The second-order valence-electron chi connectivity index (χ2n) is 2.41. The van der Waals surface area contributed by atoms with E-state index in [0.29, 0.717) is 12.1 Å². The Hall–Kier alpha value is -1.53. The lowest BCUT2D eigenvalue weighted by atomic mass is 10.2. The summed E-state index contributed by atoms with van der Waals surface area (Å²) < 4.78 is 60.2. The molecule has 0 saturated carbocycles. The van der Waals surface area contributed by atoms with Crippen LogP contribution in [0.2, 0.25) is 0 Å². The van der Waals surface area contributed by atoms with Gasteiger partial charge in [-0.2, -0.15) is 13.2 Å². The lowest BCUT2D eigenvalue weighted by molar-refractivity contribution is -0.100. The number of hydrogen-bond donors (Lipinski definition) is 2. The number of alkyl halides is 3. The van der Waals surface area contributed by atoms with Crippen molar-refractivity contribution in [2.24, 2.45) is 0 Å². The van der Waals surface area contributed by atoms with Crippen LogP contribution in [0, 0.1) is 11.6 Å². The molecule has 0 bridgehead atoms. The molecule has 14 heavy (non-hydrogen) atoms. The van der Waals surface area contributed by atoms with Crippen molar-refractivity contribution in [2.75, 3.05) is 5.32 Å². The van der Waals surface area contributed by atoms with Crippen LogP contribution in [0.5, 0.6) is 5.75 Å². The minimum Gasteiger partial charge on any atom is -0.508 e. The van der Waals surface area contributed by atoms with Crippen LogP contribution in [0.4, 0.5) is 27.6 Å². The Labute approximate surface area is 75.0 Å². The van der Waals surface area contributed by atoms with Crippen molar-refractivity contribution < 1.29 is 27.1 Å². The van der Waals surface area contributed by atoms with Gasteiger partial charge in [0.2, 0.25) is 0 Å². The summed E-state index contributed by atoms with van der Waals surface area (Å²) in [6.07, 6.45) is -4.89. The summed E-state index contributed by atoms with van der Waals surface area (Å²) in [4.78, 5) is 0. The summed E-state index contributed by atoms with van der Waals surface area (Å²) in [5.41, 5.74) is -1.16. The van der Waals surface area contributed by atoms with Gasteiger partial charge in [0, 0.05) is 12.1 Å². The first-order chi connectivity index (χ1) is 6.29. The van der Waals surface area contributed by atoms with E-state index in [-0.39, 0.29) is 0 Å². The number of anilines is 1. The SMILES string of the molecule is Oc1cc(F)c(F)c(NC(F)(F)F)c1. The molecule has 0 aliphatic rings. The van der Waals surface area contributed by atoms with Gasteiger partial charge in [-0.15, -0.1) is 0 Å². The molecule has 0 saturated heterocycles. The maximum absolute atomic E-state index is 12.7. The van der Waals surface area contributed by atoms with Crippen LogP contribution in [-0.2, 0) is 0 Å². The molecule has 0 aliphatic carbocycles. The summed E-state index contributed by atoms with van der Waals surface area (Å²) in [6, 6.07) is 0.808. The van der Waals surface area contributed by atoms with Gasteiger partial charge in [-0.1, -0.05) is 0 Å². The first-order valence-corrected chi connectivity index (χ1v) is 3.32. The fourth-order valence-electron chi connectivity index (χ4n) is 0.818. The fraction of sp³-hybridized carbons (Fsp3) is 0.143. The number of halogens is 5. The maximum atomic E-state index is 12.7. The lowest BCUT2D eigenvalue weighted by Crippen LogP contribution is -2.21. The number of aromatic hydroxyl groups is 1. The average molecular weight is 213 g/mol. The normalized spacial score (nSPS) is 11.5. The van der Waals surface area contributed by atoms with Gasteiger partial charge in [0.05, 0.1) is 5.69 Å². The molecule has 0 spiro atoms. The molecule has 0 radical (unpaired) electrons. The summed E-state index contributed by atoms with van der Waals surface area (Å²) in [7, 11) is 0. The minimum atomic E-state index is -4.89. The molecule has 0 aliphatic heterocycles. The van der Waals surface area contributed by atoms with Gasteiger partial charge in [-0.3, -0.25) is 5.32 Å². The Kier molecular flexibility index (Phi) is 2.50. The Bertz CT molecular complexity index is 349. The molecule has 1 aromatic rings. The predicted molar refractivity (Wildman–Crippen MR) is 37.7 cm³/mol. The van der Waals surface area contributed by atoms with Gasteiger partial charge in [0.25, 0.3) is 0 Å². The summed E-state index contributed by atoms with van der Waals surface area (Å²) in [5.74, 6) is -4.05. The molecule has 0 aromatic heterocycles. The first-order valence-electron chi connectivity index (χ1n) is 3.32. The number of benzene rings is 1. The van der Waals surface area contributed by atoms with Crippen molar-refractivity contribution in [3.63, 3.8) is 0 Å². The van der Waals surface area contributed by atoms with Crippen molar-refractivity contribution in [1.29, 1.82) is 0 Å². The van der Waals surface area contributed by atoms with E-state index in [9.17, 15) is 22.0 Å². The second kappa shape index (κ2) is 3.32. The number of phenols is 1. The molecule has 1 aromatic carbocycles. The van der Waals surface area contributed by atoms with E-state index in [1.807, 2.05) is 0 Å². The molecule has 0 amide bonds. The van der Waals surface area contributed by atoms with Crippen LogP contribution in [-0.4, -0.2) is 11.4 Å². The molecule has 7 heteroatoms. The van der Waals surface area contributed by atoms with E-state index in [2.05, 4.69) is 0 Å². The second-order valence-corrected chi connectivity index (χ2v) is 2.41. The Balaban J connectivity index is 3.09. The number of nitrogens with one attached hydrogen (secondary N) is 1. The van der Waals surface area contributed by atoms with Crippen LogP contribution in [0.3, 0.4) is 0 Å². The number of phenolic OH excluding ortho intramolecular Hbond substituents is 1. The van der Waals surface area contributed by atoms with E-state index in [4.69, 9.17) is 5.11 Å². The highest BCUT2D eigenvalue weighted by atomic mass is 19.4. The predicted octanol–water partition coefficient (Wildman–Crippen LogP) is 2.60. The standard InChI is InChI=1S/C7H4F5NO/c8-4-1-3(14)2-5(6(4)9)13-7(10,11)12/h1-2,13-14H. The fourth-order valence-corrected chi connectivity index (χ4v) is 0.818. The van der Waals surface area contributed by atoms with Gasteiger partial charge in [0.15, 0.2) is 11.6 Å². The van der Waals surface area contributed by atoms with Crippen molar-refractivity contribution in [3.05, 3.63) is 23.8 Å². The first kappa shape index (κ1) is 10.6.